The van der Waals surface area contributed by atoms with Gasteiger partial charge in [-0.1, -0.05) is 71.3 Å². The third-order valence-electron chi connectivity index (χ3n) is 9.13. The summed E-state index contributed by atoms with van der Waals surface area (Å²) < 4.78 is 5.88. The first-order valence-electron chi connectivity index (χ1n) is 16.0. The summed E-state index contributed by atoms with van der Waals surface area (Å²) >= 11 is 6.13. The molecule has 1 N–H and O–H groups in total. The number of likely N-dealkylation sites (tertiary alicyclic amines) is 1. The summed E-state index contributed by atoms with van der Waals surface area (Å²) in [5.74, 6) is 0.276. The van der Waals surface area contributed by atoms with Crippen molar-refractivity contribution in [3.63, 3.8) is 0 Å². The van der Waals surface area contributed by atoms with E-state index >= 15 is 0 Å². The van der Waals surface area contributed by atoms with E-state index in [1.165, 1.54) is 22.8 Å². The molecule has 1 atom stereocenters. The molecule has 2 fully saturated rings. The van der Waals surface area contributed by atoms with Gasteiger partial charge in [0.05, 0.1) is 11.4 Å². The van der Waals surface area contributed by atoms with Gasteiger partial charge in [-0.05, 0) is 98.7 Å². The number of rotatable bonds is 8. The average molecular weight is 623 g/mol. The number of nitrogens with zero attached hydrogens (tertiary/aromatic N) is 1. The zero-order valence-corrected chi connectivity index (χ0v) is 26.4. The van der Waals surface area contributed by atoms with Gasteiger partial charge < -0.3 is 14.6 Å². The van der Waals surface area contributed by atoms with Crippen LogP contribution < -0.4 is 10.7 Å². The second-order valence-electron chi connectivity index (χ2n) is 12.5. The van der Waals surface area contributed by atoms with E-state index in [1.807, 2.05) is 42.2 Å². The molecule has 4 aromatic rings. The Hall–Kier alpha value is -4.16. The second-order valence-corrected chi connectivity index (χ2v) is 12.9. The number of benzene rings is 3. The van der Waals surface area contributed by atoms with Crippen molar-refractivity contribution in [2.75, 3.05) is 6.54 Å². The van der Waals surface area contributed by atoms with Crippen molar-refractivity contribution in [2.24, 2.45) is 0 Å². The van der Waals surface area contributed by atoms with E-state index in [-0.39, 0.29) is 23.1 Å². The van der Waals surface area contributed by atoms with Gasteiger partial charge in [-0.3, -0.25) is 14.4 Å². The maximum absolute atomic E-state index is 13.4. The van der Waals surface area contributed by atoms with Crippen LogP contribution in [0.15, 0.2) is 93.7 Å². The van der Waals surface area contributed by atoms with Crippen LogP contribution in [-0.2, 0) is 17.8 Å². The molecule has 0 unspecified atom stereocenters. The molecule has 6 rings (SSSR count). The van der Waals surface area contributed by atoms with Gasteiger partial charge in [-0.2, -0.15) is 0 Å². The van der Waals surface area contributed by atoms with Gasteiger partial charge in [0, 0.05) is 30.6 Å². The first kappa shape index (κ1) is 30.8. The number of aryl methyl sites for hydroxylation is 1. The lowest BCUT2D eigenvalue weighted by atomic mass is 9.79. The minimum Gasteiger partial charge on any atom is -0.451 e. The van der Waals surface area contributed by atoms with Gasteiger partial charge in [0.2, 0.25) is 5.91 Å². The zero-order valence-electron chi connectivity index (χ0n) is 25.7. The van der Waals surface area contributed by atoms with Crippen LogP contribution in [-0.4, -0.2) is 29.3 Å². The molecule has 1 aliphatic carbocycles. The number of nitrogens with one attached hydrogen (secondary N) is 1. The van der Waals surface area contributed by atoms with E-state index in [2.05, 4.69) is 35.7 Å². The molecule has 45 heavy (non-hydrogen) atoms. The van der Waals surface area contributed by atoms with Crippen LogP contribution >= 0.6 is 11.6 Å². The van der Waals surface area contributed by atoms with Crippen molar-refractivity contribution in [1.82, 2.24) is 10.2 Å². The van der Waals surface area contributed by atoms with Crippen molar-refractivity contribution < 1.29 is 14.0 Å². The fourth-order valence-electron chi connectivity index (χ4n) is 6.71. The highest BCUT2D eigenvalue weighted by molar-refractivity contribution is 6.30. The van der Waals surface area contributed by atoms with E-state index < -0.39 is 5.91 Å². The minimum absolute atomic E-state index is 0.00311. The number of hydrogen-bond donors (Lipinski definition) is 1. The zero-order chi connectivity index (χ0) is 31.3. The molecule has 2 aliphatic rings. The van der Waals surface area contributed by atoms with Crippen LogP contribution in [0.1, 0.15) is 83.7 Å². The van der Waals surface area contributed by atoms with Crippen LogP contribution in [0, 0.1) is 6.92 Å². The number of halogens is 1. The van der Waals surface area contributed by atoms with Gasteiger partial charge in [-0.25, -0.2) is 0 Å². The third-order valence-corrected chi connectivity index (χ3v) is 9.39. The molecule has 3 aromatic carbocycles. The molecule has 7 heteroatoms. The molecule has 1 aliphatic heterocycles. The molecule has 2 amide bonds. The summed E-state index contributed by atoms with van der Waals surface area (Å²) in [4.78, 5) is 40.7. The number of hydrogen-bond acceptors (Lipinski definition) is 4. The predicted octanol–water partition coefficient (Wildman–Crippen LogP) is 7.89. The highest BCUT2D eigenvalue weighted by Gasteiger charge is 2.25. The summed E-state index contributed by atoms with van der Waals surface area (Å²) in [5, 5.41) is 4.26. The molecular weight excluding hydrogens is 584 g/mol. The van der Waals surface area contributed by atoms with Gasteiger partial charge in [0.15, 0.2) is 11.2 Å². The lowest BCUT2D eigenvalue weighted by Gasteiger charge is -2.31. The minimum atomic E-state index is -0.416. The van der Waals surface area contributed by atoms with E-state index in [4.69, 9.17) is 16.0 Å². The largest absolute Gasteiger partial charge is 0.451 e. The monoisotopic (exact) mass is 622 g/mol. The lowest BCUT2D eigenvalue weighted by molar-refractivity contribution is -0.133. The van der Waals surface area contributed by atoms with Crippen LogP contribution in [0.2, 0.25) is 5.02 Å². The smallest absolute Gasteiger partial charge is 0.287 e. The Kier molecular flexibility index (Phi) is 9.50. The SMILES string of the molecule is Cc1ccc2oc(C(=O)N[C@H](C=C3CCC(c4ccccc4CN4CCCCC4=O)CC3)Cc3ccc(Cl)cc3)cc(=O)c2c1. The maximum atomic E-state index is 13.4. The van der Waals surface area contributed by atoms with Gasteiger partial charge >= 0.3 is 0 Å². The van der Waals surface area contributed by atoms with Crippen LogP contribution in [0.5, 0.6) is 0 Å². The molecule has 1 saturated heterocycles. The highest BCUT2D eigenvalue weighted by Crippen LogP contribution is 2.37. The van der Waals surface area contributed by atoms with Crippen molar-refractivity contribution in [3.05, 3.63) is 128 Å². The van der Waals surface area contributed by atoms with Gasteiger partial charge in [0.25, 0.3) is 5.91 Å². The first-order valence-corrected chi connectivity index (χ1v) is 16.3. The van der Waals surface area contributed by atoms with Crippen LogP contribution in [0.4, 0.5) is 0 Å². The Bertz CT molecular complexity index is 1780. The first-order chi connectivity index (χ1) is 21.8. The van der Waals surface area contributed by atoms with E-state index in [9.17, 15) is 14.4 Å². The number of allylic oxidation sites excluding steroid dienone is 1. The standard InChI is InChI=1S/C38H39ClN2O4/c1-25-9-18-35-33(20-25)34(42)23-36(45-35)38(44)40-31(22-27-12-16-30(39)17-13-27)21-26-10-14-28(15-11-26)32-7-3-2-6-29(32)24-41-19-5-4-8-37(41)43/h2-3,6-7,9,12-13,16-18,20-21,23,28,31H,4-5,8,10-11,14-15,19,22,24H2,1H3,(H,40,44)/t28?,31-/m1/s1. The van der Waals surface area contributed by atoms with Gasteiger partial charge in [-0.15, -0.1) is 0 Å². The molecule has 0 bridgehead atoms. The quantitative estimate of drug-likeness (QED) is 0.203. The normalized spacial score (nSPS) is 17.7. The summed E-state index contributed by atoms with van der Waals surface area (Å²) in [6.45, 7) is 3.44. The Morgan fingerprint density at radius 1 is 1.00 bits per heavy atom. The molecule has 1 saturated carbocycles. The topological polar surface area (TPSA) is 79.6 Å². The Balaban J connectivity index is 1.18. The number of amides is 2. The molecule has 0 radical (unpaired) electrons. The summed E-state index contributed by atoms with van der Waals surface area (Å²) in [7, 11) is 0. The summed E-state index contributed by atoms with van der Waals surface area (Å²) in [6.07, 6.45) is 9.37. The van der Waals surface area contributed by atoms with E-state index in [1.54, 1.807) is 12.1 Å². The van der Waals surface area contributed by atoms with Crippen molar-refractivity contribution in [3.8, 4) is 0 Å². The third kappa shape index (κ3) is 7.56. The summed E-state index contributed by atoms with van der Waals surface area (Å²) in [5.41, 5.74) is 6.08. The Labute approximate surface area is 269 Å². The van der Waals surface area contributed by atoms with E-state index in [0.717, 1.165) is 56.2 Å². The predicted molar refractivity (Wildman–Crippen MR) is 179 cm³/mol. The van der Waals surface area contributed by atoms with Crippen molar-refractivity contribution in [1.29, 1.82) is 0 Å². The number of carbonyl (C=O) groups excluding carboxylic acids is 2. The molecular formula is C38H39ClN2O4. The average Bonchev–Trinajstić information content (AvgIpc) is 3.04. The lowest BCUT2D eigenvalue weighted by Crippen LogP contribution is -2.36. The highest BCUT2D eigenvalue weighted by atomic mass is 35.5. The molecule has 2 heterocycles. The fraction of sp³-hybridized carbons (Fsp3) is 0.342. The molecule has 6 nitrogen and oxygen atoms in total. The van der Waals surface area contributed by atoms with Crippen molar-refractivity contribution in [2.45, 2.75) is 76.8 Å². The number of fused-ring (bicyclic) bond motifs is 1. The molecule has 232 valence electrons. The molecule has 1 aromatic heterocycles. The Morgan fingerprint density at radius 2 is 1.78 bits per heavy atom. The molecule has 0 spiro atoms. The van der Waals surface area contributed by atoms with Crippen molar-refractivity contribution >= 4 is 34.4 Å². The van der Waals surface area contributed by atoms with Gasteiger partial charge in [0.1, 0.15) is 5.58 Å². The number of carbonyl (C=O) groups is 2. The second kappa shape index (κ2) is 13.9. The van der Waals surface area contributed by atoms with Crippen LogP contribution in [0.3, 0.4) is 0 Å². The Morgan fingerprint density at radius 3 is 2.56 bits per heavy atom. The van der Waals surface area contributed by atoms with Crippen LogP contribution in [0.25, 0.3) is 11.0 Å². The number of piperidine rings is 1. The maximum Gasteiger partial charge on any atom is 0.287 e. The summed E-state index contributed by atoms with van der Waals surface area (Å²) in [6, 6.07) is 22.6. The fourth-order valence-corrected chi connectivity index (χ4v) is 6.84. The van der Waals surface area contributed by atoms with E-state index in [0.29, 0.717) is 41.3 Å².